The molecule has 1 aliphatic heterocycles. The van der Waals surface area contributed by atoms with Gasteiger partial charge in [-0.05, 0) is 60.2 Å². The second kappa shape index (κ2) is 8.15. The summed E-state index contributed by atoms with van der Waals surface area (Å²) in [6, 6.07) is 19.2. The van der Waals surface area contributed by atoms with E-state index in [9.17, 15) is 4.79 Å². The van der Waals surface area contributed by atoms with Gasteiger partial charge >= 0.3 is 0 Å². The van der Waals surface area contributed by atoms with Crippen LogP contribution in [0.5, 0.6) is 11.5 Å². The van der Waals surface area contributed by atoms with Crippen LogP contribution < -0.4 is 14.4 Å². The van der Waals surface area contributed by atoms with Gasteiger partial charge in [-0.15, -0.1) is 0 Å². The first-order chi connectivity index (χ1) is 14.0. The summed E-state index contributed by atoms with van der Waals surface area (Å²) in [6.07, 6.45) is -0.725. The van der Waals surface area contributed by atoms with Gasteiger partial charge in [0.15, 0.2) is 0 Å². The summed E-state index contributed by atoms with van der Waals surface area (Å²) in [5, 5.41) is 1.47. The molecule has 148 valence electrons. The SMILES string of the molecule is COc1ccc(N2C(=O)C(Oc3ccc(Cl)cc3Cl)C2c2ccc(Cl)cc2)cc1. The van der Waals surface area contributed by atoms with Gasteiger partial charge in [-0.2, -0.15) is 0 Å². The Labute approximate surface area is 183 Å². The fraction of sp³-hybridized carbons (Fsp3) is 0.136. The molecule has 0 N–H and O–H groups in total. The highest BCUT2D eigenvalue weighted by molar-refractivity contribution is 6.35. The van der Waals surface area contributed by atoms with Crippen LogP contribution >= 0.6 is 34.8 Å². The molecule has 0 spiro atoms. The summed E-state index contributed by atoms with van der Waals surface area (Å²) >= 11 is 18.2. The lowest BCUT2D eigenvalue weighted by atomic mass is 9.89. The van der Waals surface area contributed by atoms with Crippen molar-refractivity contribution < 1.29 is 14.3 Å². The van der Waals surface area contributed by atoms with E-state index in [-0.39, 0.29) is 11.9 Å². The van der Waals surface area contributed by atoms with Gasteiger partial charge in [0.05, 0.1) is 12.1 Å². The van der Waals surface area contributed by atoms with E-state index in [1.807, 2.05) is 36.4 Å². The number of methoxy groups -OCH3 is 1. The molecule has 1 heterocycles. The van der Waals surface area contributed by atoms with Crippen LogP contribution in [0, 0.1) is 0 Å². The number of amides is 1. The lowest BCUT2D eigenvalue weighted by Gasteiger charge is -2.46. The molecule has 29 heavy (non-hydrogen) atoms. The first-order valence-electron chi connectivity index (χ1n) is 8.82. The average molecular weight is 449 g/mol. The van der Waals surface area contributed by atoms with E-state index in [0.717, 1.165) is 11.3 Å². The van der Waals surface area contributed by atoms with Crippen molar-refractivity contribution in [2.45, 2.75) is 12.1 Å². The highest BCUT2D eigenvalue weighted by Crippen LogP contribution is 2.43. The first-order valence-corrected chi connectivity index (χ1v) is 9.95. The fourth-order valence-electron chi connectivity index (χ4n) is 3.30. The highest BCUT2D eigenvalue weighted by atomic mass is 35.5. The topological polar surface area (TPSA) is 38.8 Å². The Morgan fingerprint density at radius 2 is 1.52 bits per heavy atom. The van der Waals surface area contributed by atoms with Crippen LogP contribution in [0.25, 0.3) is 0 Å². The van der Waals surface area contributed by atoms with Crippen LogP contribution in [0.1, 0.15) is 11.6 Å². The number of hydrogen-bond donors (Lipinski definition) is 0. The minimum atomic E-state index is -0.725. The normalized spacial score (nSPS) is 18.3. The predicted molar refractivity (Wildman–Crippen MR) is 116 cm³/mol. The number of nitrogens with zero attached hydrogens (tertiary/aromatic N) is 1. The van der Waals surface area contributed by atoms with Crippen molar-refractivity contribution in [2.75, 3.05) is 12.0 Å². The number of benzene rings is 3. The standard InChI is InChI=1S/C22H16Cl3NO3/c1-28-17-9-7-16(8-10-17)26-20(13-2-4-14(23)5-3-13)21(22(26)27)29-19-11-6-15(24)12-18(19)25/h2-12,20-21H,1H3. The van der Waals surface area contributed by atoms with E-state index < -0.39 is 6.10 Å². The number of anilines is 1. The second-order valence-electron chi connectivity index (χ2n) is 6.52. The molecule has 2 atom stereocenters. The van der Waals surface area contributed by atoms with Crippen LogP contribution in [0.2, 0.25) is 15.1 Å². The Morgan fingerprint density at radius 3 is 2.14 bits per heavy atom. The Kier molecular flexibility index (Phi) is 5.59. The molecule has 1 saturated heterocycles. The van der Waals surface area contributed by atoms with Gasteiger partial charge in [0.25, 0.3) is 5.91 Å². The molecule has 3 aromatic carbocycles. The molecule has 0 saturated carbocycles. The molecule has 4 rings (SSSR count). The molecule has 1 amide bonds. The zero-order chi connectivity index (χ0) is 20.5. The Hall–Kier alpha value is -2.40. The number of carbonyl (C=O) groups is 1. The number of β-lactam (4-membered cyclic amide) rings is 1. The molecule has 1 aliphatic rings. The molecule has 0 bridgehead atoms. The van der Waals surface area contributed by atoms with Crippen LogP contribution in [0.4, 0.5) is 5.69 Å². The van der Waals surface area contributed by atoms with Crippen LogP contribution in [0.15, 0.2) is 66.7 Å². The van der Waals surface area contributed by atoms with Crippen molar-refractivity contribution in [1.82, 2.24) is 0 Å². The van der Waals surface area contributed by atoms with Gasteiger partial charge in [-0.25, -0.2) is 0 Å². The summed E-state index contributed by atoms with van der Waals surface area (Å²) in [5.41, 5.74) is 1.65. The van der Waals surface area contributed by atoms with E-state index in [2.05, 4.69) is 0 Å². The van der Waals surface area contributed by atoms with Gasteiger partial charge in [-0.3, -0.25) is 9.69 Å². The Morgan fingerprint density at radius 1 is 0.862 bits per heavy atom. The Balaban J connectivity index is 1.68. The van der Waals surface area contributed by atoms with Crippen LogP contribution in [-0.2, 0) is 4.79 Å². The second-order valence-corrected chi connectivity index (χ2v) is 7.80. The van der Waals surface area contributed by atoms with Gasteiger partial charge in [0.2, 0.25) is 6.10 Å². The van der Waals surface area contributed by atoms with E-state index >= 15 is 0 Å². The summed E-state index contributed by atoms with van der Waals surface area (Å²) in [4.78, 5) is 14.7. The van der Waals surface area contributed by atoms with Gasteiger partial charge in [0.1, 0.15) is 17.5 Å². The quantitative estimate of drug-likeness (QED) is 0.437. The maximum atomic E-state index is 13.0. The minimum Gasteiger partial charge on any atom is -0.497 e. The number of rotatable bonds is 5. The van der Waals surface area contributed by atoms with Crippen molar-refractivity contribution in [1.29, 1.82) is 0 Å². The zero-order valence-corrected chi connectivity index (χ0v) is 17.6. The molecule has 1 fully saturated rings. The van der Waals surface area contributed by atoms with E-state index in [1.54, 1.807) is 42.3 Å². The van der Waals surface area contributed by atoms with Crippen molar-refractivity contribution in [3.8, 4) is 11.5 Å². The first kappa shape index (κ1) is 19.9. The molecule has 2 unspecified atom stereocenters. The van der Waals surface area contributed by atoms with Crippen molar-refractivity contribution in [2.24, 2.45) is 0 Å². The Bertz CT molecular complexity index is 1040. The number of hydrogen-bond acceptors (Lipinski definition) is 3. The van der Waals surface area contributed by atoms with Crippen molar-refractivity contribution in [3.63, 3.8) is 0 Å². The summed E-state index contributed by atoms with van der Waals surface area (Å²) in [6.45, 7) is 0. The summed E-state index contributed by atoms with van der Waals surface area (Å²) in [5.74, 6) is 0.953. The largest absolute Gasteiger partial charge is 0.497 e. The monoisotopic (exact) mass is 447 g/mol. The van der Waals surface area contributed by atoms with Crippen molar-refractivity contribution >= 4 is 46.4 Å². The summed E-state index contributed by atoms with van der Waals surface area (Å²) in [7, 11) is 1.60. The van der Waals surface area contributed by atoms with Gasteiger partial charge in [-0.1, -0.05) is 46.9 Å². The number of halogens is 3. The third kappa shape index (κ3) is 3.88. The number of carbonyl (C=O) groups excluding carboxylic acids is 1. The van der Waals surface area contributed by atoms with E-state index in [0.29, 0.717) is 26.6 Å². The molecule has 3 aromatic rings. The predicted octanol–water partition coefficient (Wildman–Crippen LogP) is 6.19. The number of ether oxygens (including phenoxy) is 2. The molecule has 0 aromatic heterocycles. The maximum Gasteiger partial charge on any atom is 0.271 e. The summed E-state index contributed by atoms with van der Waals surface area (Å²) < 4.78 is 11.2. The molecule has 0 radical (unpaired) electrons. The third-order valence-corrected chi connectivity index (χ3v) is 5.54. The fourth-order valence-corrected chi connectivity index (χ4v) is 3.88. The molecular weight excluding hydrogens is 433 g/mol. The van der Waals surface area contributed by atoms with Crippen molar-refractivity contribution in [3.05, 3.63) is 87.4 Å². The minimum absolute atomic E-state index is 0.166. The van der Waals surface area contributed by atoms with E-state index in [4.69, 9.17) is 44.3 Å². The third-order valence-electron chi connectivity index (χ3n) is 4.76. The molecule has 7 heteroatoms. The lowest BCUT2D eigenvalue weighted by Crippen LogP contribution is -2.61. The highest BCUT2D eigenvalue weighted by Gasteiger charge is 2.51. The lowest BCUT2D eigenvalue weighted by molar-refractivity contribution is -0.135. The molecular formula is C22H16Cl3NO3. The smallest absolute Gasteiger partial charge is 0.271 e. The average Bonchev–Trinajstić information content (AvgIpc) is 2.72. The van der Waals surface area contributed by atoms with Crippen LogP contribution in [-0.4, -0.2) is 19.1 Å². The molecule has 0 aliphatic carbocycles. The molecule has 4 nitrogen and oxygen atoms in total. The zero-order valence-electron chi connectivity index (χ0n) is 15.3. The van der Waals surface area contributed by atoms with Gasteiger partial charge < -0.3 is 9.47 Å². The van der Waals surface area contributed by atoms with Gasteiger partial charge in [0, 0.05) is 15.7 Å². The van der Waals surface area contributed by atoms with Crippen LogP contribution in [0.3, 0.4) is 0 Å². The van der Waals surface area contributed by atoms with E-state index in [1.165, 1.54) is 0 Å². The maximum absolute atomic E-state index is 13.0.